The maximum absolute atomic E-state index is 2.85. The van der Waals surface area contributed by atoms with Crippen molar-refractivity contribution >= 4 is 156 Å². The van der Waals surface area contributed by atoms with E-state index in [-0.39, 0.29) is 28.5 Å². The van der Waals surface area contributed by atoms with Crippen LogP contribution in [0, 0.1) is 0 Å². The Hall–Kier alpha value is -6.44. The number of anilines is 2. The van der Waals surface area contributed by atoms with Gasteiger partial charge in [0.25, 0.3) is 0 Å². The van der Waals surface area contributed by atoms with Gasteiger partial charge in [0.1, 0.15) is 0 Å². The monoisotopic (exact) mass is 1010 g/mol. The molecule has 2 aliphatic carbocycles. The minimum absolute atomic E-state index is 0.0836. The molecule has 0 saturated heterocycles. The van der Waals surface area contributed by atoms with E-state index in [1.54, 1.807) is 0 Å². The number of rotatable bonds is 1. The molecule has 6 heteroatoms. The molecule has 0 fully saturated rings. The smallest absolute Gasteiger partial charge is 0.333 e. The SMILES string of the molecule is CC1(C)CCC(C)(C)c2cc3c(cc21)sc1cccc(N2B4c5c(cc6c(sc7ccccc76)c5-n5c6cc7ccccc7cc6c6cccc4c65)-c4c2ccc2sc5cc6c(cc5c42)C(C)(C)CCC6(C)C)c13. The molecule has 0 unspecified atom stereocenters. The molecule has 0 atom stereocenters. The van der Waals surface area contributed by atoms with Crippen molar-refractivity contribution in [3.05, 3.63) is 162 Å². The minimum Gasteiger partial charge on any atom is -0.376 e. The molecule has 13 aromatic rings. The summed E-state index contributed by atoms with van der Waals surface area (Å²) < 4.78 is 11.0. The van der Waals surface area contributed by atoms with Gasteiger partial charge in [0, 0.05) is 83.5 Å². The zero-order chi connectivity index (χ0) is 49.7. The Bertz CT molecular complexity index is 4760. The molecule has 0 N–H and O–H groups in total. The van der Waals surface area contributed by atoms with Gasteiger partial charge in [-0.1, -0.05) is 122 Å². The molecule has 0 amide bonds. The van der Waals surface area contributed by atoms with Crippen molar-refractivity contribution in [3.63, 3.8) is 0 Å². The van der Waals surface area contributed by atoms with E-state index in [2.05, 4.69) is 204 Å². The molecule has 0 radical (unpaired) electrons. The lowest BCUT2D eigenvalue weighted by molar-refractivity contribution is 0.332. The maximum atomic E-state index is 2.85. The predicted octanol–water partition coefficient (Wildman–Crippen LogP) is 19.0. The van der Waals surface area contributed by atoms with Crippen LogP contribution in [0.15, 0.2) is 140 Å². The number of benzene rings is 9. The number of hydrogen-bond donors (Lipinski definition) is 0. The fraction of sp³-hybridized carbons (Fsp3) is 0.235. The molecule has 0 saturated carbocycles. The lowest BCUT2D eigenvalue weighted by Crippen LogP contribution is -2.60. The summed E-state index contributed by atoms with van der Waals surface area (Å²) >= 11 is 5.97. The third kappa shape index (κ3) is 5.32. The third-order valence-electron chi connectivity index (χ3n) is 19.2. The highest BCUT2D eigenvalue weighted by atomic mass is 32.1. The van der Waals surface area contributed by atoms with Gasteiger partial charge in [-0.2, -0.15) is 0 Å². The molecule has 0 bridgehead atoms. The Morgan fingerprint density at radius 2 is 1.01 bits per heavy atom. The quantitative estimate of drug-likeness (QED) is 0.149. The molecule has 0 spiro atoms. The van der Waals surface area contributed by atoms with E-state index in [0.717, 1.165) is 0 Å². The fourth-order valence-electron chi connectivity index (χ4n) is 15.1. The van der Waals surface area contributed by atoms with Gasteiger partial charge in [0.2, 0.25) is 0 Å². The first-order valence-electron chi connectivity index (χ1n) is 26.9. The van der Waals surface area contributed by atoms with Crippen LogP contribution in [-0.4, -0.2) is 11.4 Å². The molecule has 17 rings (SSSR count). The van der Waals surface area contributed by atoms with Gasteiger partial charge in [-0.15, -0.1) is 34.0 Å². The number of aromatic nitrogens is 1. The van der Waals surface area contributed by atoms with Gasteiger partial charge in [0.15, 0.2) is 0 Å². The molecule has 4 aliphatic rings. The summed E-state index contributed by atoms with van der Waals surface area (Å²) in [6, 6.07) is 55.7. The number of fused-ring (bicyclic) bond motifs is 21. The van der Waals surface area contributed by atoms with Crippen LogP contribution in [0.3, 0.4) is 0 Å². The highest BCUT2D eigenvalue weighted by Crippen LogP contribution is 2.57. The van der Waals surface area contributed by atoms with Gasteiger partial charge in [-0.3, -0.25) is 0 Å². The number of nitrogens with zero attached hydrogens (tertiary/aromatic N) is 2. The van der Waals surface area contributed by atoms with Crippen LogP contribution in [0.2, 0.25) is 0 Å². The van der Waals surface area contributed by atoms with Crippen LogP contribution in [-0.2, 0) is 21.7 Å². The summed E-state index contributed by atoms with van der Waals surface area (Å²) in [5.41, 5.74) is 18.6. The molecule has 6 heterocycles. The minimum atomic E-state index is -0.0968. The molecular formula is C68H55BN2S3. The Morgan fingerprint density at radius 3 is 1.72 bits per heavy atom. The van der Waals surface area contributed by atoms with Crippen molar-refractivity contribution in [3.8, 4) is 16.8 Å². The lowest BCUT2D eigenvalue weighted by atomic mass is 9.43. The first kappa shape index (κ1) is 42.9. The van der Waals surface area contributed by atoms with Crippen molar-refractivity contribution < 1.29 is 0 Å². The Balaban J connectivity index is 1.08. The van der Waals surface area contributed by atoms with Crippen molar-refractivity contribution in [2.75, 3.05) is 4.81 Å². The first-order valence-corrected chi connectivity index (χ1v) is 29.4. The lowest BCUT2D eigenvalue weighted by Gasteiger charge is -2.43. The van der Waals surface area contributed by atoms with Gasteiger partial charge in [-0.25, -0.2) is 0 Å². The predicted molar refractivity (Wildman–Crippen MR) is 327 cm³/mol. The van der Waals surface area contributed by atoms with Crippen LogP contribution < -0.4 is 15.7 Å². The van der Waals surface area contributed by atoms with Crippen LogP contribution in [0.25, 0.3) is 110 Å². The Kier molecular flexibility index (Phi) is 8.04. The summed E-state index contributed by atoms with van der Waals surface area (Å²) in [7, 11) is 0. The van der Waals surface area contributed by atoms with Crippen LogP contribution in [0.5, 0.6) is 0 Å². The topological polar surface area (TPSA) is 8.17 Å². The van der Waals surface area contributed by atoms with Gasteiger partial charge in [-0.05, 0) is 170 Å². The highest BCUT2D eigenvalue weighted by Gasteiger charge is 2.47. The molecule has 4 aromatic heterocycles. The maximum Gasteiger partial charge on any atom is 0.333 e. The summed E-state index contributed by atoms with van der Waals surface area (Å²) in [6.07, 6.45) is 4.79. The van der Waals surface area contributed by atoms with E-state index < -0.39 is 0 Å². The first-order chi connectivity index (χ1) is 35.6. The highest BCUT2D eigenvalue weighted by molar-refractivity contribution is 7.27. The largest absolute Gasteiger partial charge is 0.376 e. The van der Waals surface area contributed by atoms with E-state index >= 15 is 0 Å². The van der Waals surface area contributed by atoms with Crippen LogP contribution in [0.4, 0.5) is 11.4 Å². The Labute approximate surface area is 443 Å². The second-order valence-electron chi connectivity index (χ2n) is 25.2. The molecule has 358 valence electrons. The summed E-state index contributed by atoms with van der Waals surface area (Å²) in [4.78, 5) is 2.85. The van der Waals surface area contributed by atoms with Crippen LogP contribution >= 0.6 is 34.0 Å². The zero-order valence-electron chi connectivity index (χ0n) is 43.3. The van der Waals surface area contributed by atoms with Gasteiger partial charge >= 0.3 is 6.85 Å². The molecule has 2 nitrogen and oxygen atoms in total. The van der Waals surface area contributed by atoms with E-state index in [0.29, 0.717) is 0 Å². The van der Waals surface area contributed by atoms with Crippen LogP contribution in [0.1, 0.15) is 103 Å². The normalized spacial score (nSPS) is 17.9. The number of thiophene rings is 3. The summed E-state index contributed by atoms with van der Waals surface area (Å²) in [5.74, 6) is 0. The average Bonchev–Trinajstić information content (AvgIpc) is 4.19. The second-order valence-corrected chi connectivity index (χ2v) is 28.5. The third-order valence-corrected chi connectivity index (χ3v) is 22.7. The van der Waals surface area contributed by atoms with Gasteiger partial charge < -0.3 is 9.38 Å². The Morgan fingerprint density at radius 1 is 0.432 bits per heavy atom. The summed E-state index contributed by atoms with van der Waals surface area (Å²) in [6.45, 7) is 19.7. The van der Waals surface area contributed by atoms with Crippen molar-refractivity contribution in [2.45, 2.75) is 103 Å². The van der Waals surface area contributed by atoms with E-state index in [4.69, 9.17) is 0 Å². The van der Waals surface area contributed by atoms with E-state index in [1.807, 2.05) is 34.0 Å². The second kappa shape index (κ2) is 13.9. The average molecular weight is 1010 g/mol. The van der Waals surface area contributed by atoms with Crippen molar-refractivity contribution in [1.29, 1.82) is 0 Å². The number of hydrogen-bond acceptors (Lipinski definition) is 4. The van der Waals surface area contributed by atoms with E-state index in [1.165, 1.54) is 180 Å². The van der Waals surface area contributed by atoms with Crippen molar-refractivity contribution in [2.24, 2.45) is 0 Å². The molecular weight excluding hydrogens is 952 g/mol. The zero-order valence-corrected chi connectivity index (χ0v) is 45.8. The van der Waals surface area contributed by atoms with Gasteiger partial charge in [0.05, 0.1) is 21.4 Å². The fourth-order valence-corrected chi connectivity index (χ4v) is 18.6. The molecule has 2 aliphatic heterocycles. The van der Waals surface area contributed by atoms with Crippen molar-refractivity contribution in [1.82, 2.24) is 4.57 Å². The number of para-hydroxylation sites is 1. The summed E-state index contributed by atoms with van der Waals surface area (Å²) in [5, 5.41) is 13.5. The standard InChI is InChI=1S/C68H55BN2S3/c1-65(2)25-27-67(5,6)47-34-56-42(32-45(47)65)58-50(20-14-22-54(58)72-56)71-51-23-24-55-60(43-33-46-48(35-57(43)73-55)68(7,8)28-26-66(46,3)4)59(51)44-31-41-38-17-11-12-21-53(38)74-64(41)63-61(44)69(71)49-19-13-18-39-40-29-36-15-9-10-16-37(36)30-52(40)70(63)62(39)49/h9-24,29-35H,25-28H2,1-8H3. The van der Waals surface area contributed by atoms with E-state index in [9.17, 15) is 0 Å². The molecule has 74 heavy (non-hydrogen) atoms. The molecule has 9 aromatic carbocycles.